The van der Waals surface area contributed by atoms with Crippen molar-refractivity contribution in [2.75, 3.05) is 7.05 Å². The van der Waals surface area contributed by atoms with Gasteiger partial charge in [0, 0.05) is 0 Å². The van der Waals surface area contributed by atoms with Gasteiger partial charge in [0.15, 0.2) is 0 Å². The summed E-state index contributed by atoms with van der Waals surface area (Å²) in [6, 6.07) is 12.7. The molecule has 0 bridgehead atoms. The van der Waals surface area contributed by atoms with Crippen molar-refractivity contribution in [3.63, 3.8) is 0 Å². The lowest BCUT2D eigenvalue weighted by Gasteiger charge is -2.18. The molecule has 3 rings (SSSR count). The van der Waals surface area contributed by atoms with Crippen LogP contribution in [-0.2, 0) is 0 Å². The number of nitrogens with one attached hydrogen (secondary N) is 1. The molecular weight excluding hydrogens is 289 g/mol. The zero-order valence-electron chi connectivity index (χ0n) is 11.8. The smallest absolute Gasteiger partial charge is 0.141 e. The lowest BCUT2D eigenvalue weighted by atomic mass is 9.98. The Kier molecular flexibility index (Phi) is 4.13. The maximum Gasteiger partial charge on any atom is 0.141 e. The molecule has 2 nitrogen and oxygen atoms in total. The van der Waals surface area contributed by atoms with Crippen LogP contribution in [0.1, 0.15) is 30.0 Å². The molecule has 1 N–H and O–H groups in total. The van der Waals surface area contributed by atoms with Gasteiger partial charge in [0.2, 0.25) is 0 Å². The Balaban J connectivity index is 1.89. The fraction of sp³-hybridized carbons (Fsp3) is 0.294. The first-order chi connectivity index (χ1) is 10.2. The first-order valence-electron chi connectivity index (χ1n) is 7.06. The molecule has 1 aliphatic carbocycles. The van der Waals surface area contributed by atoms with Gasteiger partial charge in [-0.05, 0) is 55.3 Å². The highest BCUT2D eigenvalue weighted by Crippen LogP contribution is 2.31. The van der Waals surface area contributed by atoms with E-state index < -0.39 is 5.82 Å². The fourth-order valence-corrected chi connectivity index (χ4v) is 2.55. The van der Waals surface area contributed by atoms with Crippen molar-refractivity contribution in [3.05, 3.63) is 64.4 Å². The van der Waals surface area contributed by atoms with Crippen molar-refractivity contribution in [2.45, 2.75) is 25.0 Å². The number of ether oxygens (including phenoxy) is 1. The highest BCUT2D eigenvalue weighted by Gasteiger charge is 2.24. The van der Waals surface area contributed by atoms with E-state index in [-0.39, 0.29) is 11.1 Å². The number of halogens is 2. The number of hydrogen-bond acceptors (Lipinski definition) is 2. The fourth-order valence-electron chi connectivity index (χ4n) is 2.36. The molecule has 21 heavy (non-hydrogen) atoms. The summed E-state index contributed by atoms with van der Waals surface area (Å²) < 4.78 is 19.1. The lowest BCUT2D eigenvalue weighted by molar-refractivity contribution is 0.302. The SMILES string of the molecule is CNC(c1cccc(OC2CC2)c1)c1ccc(F)c(Cl)c1. The minimum Gasteiger partial charge on any atom is -0.490 e. The van der Waals surface area contributed by atoms with Crippen LogP contribution in [0.3, 0.4) is 0 Å². The minimum absolute atomic E-state index is 0.0501. The summed E-state index contributed by atoms with van der Waals surface area (Å²) >= 11 is 5.88. The van der Waals surface area contributed by atoms with Crippen molar-refractivity contribution in [2.24, 2.45) is 0 Å². The van der Waals surface area contributed by atoms with E-state index in [2.05, 4.69) is 5.32 Å². The molecule has 0 saturated heterocycles. The van der Waals surface area contributed by atoms with Gasteiger partial charge in [-0.2, -0.15) is 0 Å². The second kappa shape index (κ2) is 6.04. The molecule has 0 heterocycles. The van der Waals surface area contributed by atoms with Gasteiger partial charge in [-0.15, -0.1) is 0 Å². The van der Waals surface area contributed by atoms with E-state index >= 15 is 0 Å². The van der Waals surface area contributed by atoms with Crippen molar-refractivity contribution in [1.29, 1.82) is 0 Å². The average molecular weight is 306 g/mol. The third kappa shape index (κ3) is 3.36. The third-order valence-corrected chi connectivity index (χ3v) is 3.87. The molecule has 0 spiro atoms. The Bertz CT molecular complexity index is 642. The van der Waals surface area contributed by atoms with Crippen LogP contribution in [0.5, 0.6) is 5.75 Å². The van der Waals surface area contributed by atoms with Crippen molar-refractivity contribution in [1.82, 2.24) is 5.32 Å². The van der Waals surface area contributed by atoms with Gasteiger partial charge >= 0.3 is 0 Å². The zero-order valence-corrected chi connectivity index (χ0v) is 12.5. The Morgan fingerprint density at radius 1 is 1.19 bits per heavy atom. The van der Waals surface area contributed by atoms with E-state index in [4.69, 9.17) is 16.3 Å². The molecule has 0 aliphatic heterocycles. The van der Waals surface area contributed by atoms with Crippen LogP contribution >= 0.6 is 11.6 Å². The highest BCUT2D eigenvalue weighted by atomic mass is 35.5. The molecule has 0 amide bonds. The Morgan fingerprint density at radius 3 is 2.62 bits per heavy atom. The van der Waals surface area contributed by atoms with E-state index in [1.807, 2.05) is 31.3 Å². The standard InChI is InChI=1S/C17H17ClFNO/c1-20-17(12-5-8-16(19)15(18)10-12)11-3-2-4-14(9-11)21-13-6-7-13/h2-5,8-10,13,17,20H,6-7H2,1H3. The summed E-state index contributed by atoms with van der Waals surface area (Å²) in [5, 5.41) is 3.38. The molecule has 1 fully saturated rings. The molecule has 1 atom stereocenters. The van der Waals surface area contributed by atoms with Crippen LogP contribution in [0.2, 0.25) is 5.02 Å². The molecule has 0 aromatic heterocycles. The van der Waals surface area contributed by atoms with Gasteiger partial charge in [-0.25, -0.2) is 4.39 Å². The summed E-state index contributed by atoms with van der Waals surface area (Å²) in [7, 11) is 1.87. The predicted octanol–water partition coefficient (Wildman–Crippen LogP) is 4.33. The molecule has 1 aliphatic rings. The Labute approximate surface area is 128 Å². The van der Waals surface area contributed by atoms with Crippen LogP contribution in [0.15, 0.2) is 42.5 Å². The Morgan fingerprint density at radius 2 is 1.95 bits per heavy atom. The van der Waals surface area contributed by atoms with Gasteiger partial charge in [-0.1, -0.05) is 29.8 Å². The topological polar surface area (TPSA) is 21.3 Å². The van der Waals surface area contributed by atoms with E-state index in [1.54, 1.807) is 12.1 Å². The quantitative estimate of drug-likeness (QED) is 0.888. The molecular formula is C17H17ClFNO. The summed E-state index contributed by atoms with van der Waals surface area (Å²) in [4.78, 5) is 0. The predicted molar refractivity (Wildman–Crippen MR) is 82.4 cm³/mol. The number of benzene rings is 2. The maximum atomic E-state index is 13.3. The molecule has 2 aromatic rings. The molecule has 4 heteroatoms. The molecule has 1 unspecified atom stereocenters. The first kappa shape index (κ1) is 14.4. The Hall–Kier alpha value is -1.58. The molecule has 2 aromatic carbocycles. The van der Waals surface area contributed by atoms with Crippen molar-refractivity contribution in [3.8, 4) is 5.75 Å². The second-order valence-electron chi connectivity index (χ2n) is 5.28. The van der Waals surface area contributed by atoms with Crippen LogP contribution in [0.4, 0.5) is 4.39 Å². The van der Waals surface area contributed by atoms with Gasteiger partial charge in [0.25, 0.3) is 0 Å². The van der Waals surface area contributed by atoms with Crippen molar-refractivity contribution >= 4 is 11.6 Å². The van der Waals surface area contributed by atoms with Gasteiger partial charge in [0.05, 0.1) is 17.2 Å². The maximum absolute atomic E-state index is 13.3. The molecule has 0 radical (unpaired) electrons. The average Bonchev–Trinajstić information content (AvgIpc) is 3.28. The lowest BCUT2D eigenvalue weighted by Crippen LogP contribution is -2.17. The van der Waals surface area contributed by atoms with E-state index in [0.717, 1.165) is 29.7 Å². The molecule has 1 saturated carbocycles. The van der Waals surface area contributed by atoms with Gasteiger partial charge < -0.3 is 10.1 Å². The zero-order chi connectivity index (χ0) is 14.8. The second-order valence-corrected chi connectivity index (χ2v) is 5.69. The van der Waals surface area contributed by atoms with E-state index in [0.29, 0.717) is 6.10 Å². The highest BCUT2D eigenvalue weighted by molar-refractivity contribution is 6.30. The van der Waals surface area contributed by atoms with Crippen molar-refractivity contribution < 1.29 is 9.13 Å². The summed E-state index contributed by atoms with van der Waals surface area (Å²) in [6.45, 7) is 0. The van der Waals surface area contributed by atoms with Gasteiger partial charge in [0.1, 0.15) is 11.6 Å². The van der Waals surface area contributed by atoms with Crippen LogP contribution in [0, 0.1) is 5.82 Å². The van der Waals surface area contributed by atoms with Gasteiger partial charge in [-0.3, -0.25) is 0 Å². The van der Waals surface area contributed by atoms with Crippen LogP contribution in [-0.4, -0.2) is 13.2 Å². The summed E-state index contributed by atoms with van der Waals surface area (Å²) in [6.07, 6.45) is 2.63. The third-order valence-electron chi connectivity index (χ3n) is 3.58. The summed E-state index contributed by atoms with van der Waals surface area (Å²) in [5.41, 5.74) is 1.99. The number of rotatable bonds is 5. The minimum atomic E-state index is -0.402. The first-order valence-corrected chi connectivity index (χ1v) is 7.44. The monoisotopic (exact) mass is 305 g/mol. The van der Waals surface area contributed by atoms with Crippen LogP contribution in [0.25, 0.3) is 0 Å². The van der Waals surface area contributed by atoms with E-state index in [1.165, 1.54) is 6.07 Å². The van der Waals surface area contributed by atoms with E-state index in [9.17, 15) is 4.39 Å². The number of hydrogen-bond donors (Lipinski definition) is 1. The molecule has 110 valence electrons. The van der Waals surface area contributed by atoms with Crippen LogP contribution < -0.4 is 10.1 Å². The summed E-state index contributed by atoms with van der Waals surface area (Å²) in [5.74, 6) is 0.476. The normalized spacial score (nSPS) is 15.8. The largest absolute Gasteiger partial charge is 0.490 e.